The summed E-state index contributed by atoms with van der Waals surface area (Å²) in [6.07, 6.45) is -4.35. The third-order valence-corrected chi connectivity index (χ3v) is 4.09. The second kappa shape index (κ2) is 6.23. The molecule has 1 aliphatic heterocycles. The van der Waals surface area contributed by atoms with Gasteiger partial charge in [-0.05, 0) is 29.3 Å². The number of nitrogens with one attached hydrogen (secondary N) is 1. The van der Waals surface area contributed by atoms with E-state index in [1.807, 2.05) is 0 Å². The number of amides is 2. The molecule has 0 radical (unpaired) electrons. The molecule has 0 aliphatic carbocycles. The SMILES string of the molecule is CN1C(=O)Cc2cc(CC(=O)Nc3ccccc3C(F)(F)F)ccc21. The highest BCUT2D eigenvalue weighted by molar-refractivity contribution is 6.01. The van der Waals surface area contributed by atoms with E-state index in [-0.39, 0.29) is 24.4 Å². The molecule has 7 heteroatoms. The predicted octanol–water partition coefficient (Wildman–Crippen LogP) is 3.41. The molecule has 0 bridgehead atoms. The summed E-state index contributed by atoms with van der Waals surface area (Å²) in [4.78, 5) is 25.4. The van der Waals surface area contributed by atoms with Crippen LogP contribution in [0.3, 0.4) is 0 Å². The van der Waals surface area contributed by atoms with Crippen LogP contribution >= 0.6 is 0 Å². The van der Waals surface area contributed by atoms with Gasteiger partial charge in [-0.25, -0.2) is 0 Å². The zero-order valence-electron chi connectivity index (χ0n) is 13.4. The van der Waals surface area contributed by atoms with Crippen molar-refractivity contribution in [2.75, 3.05) is 17.3 Å². The van der Waals surface area contributed by atoms with Gasteiger partial charge in [0, 0.05) is 12.7 Å². The molecule has 0 aromatic heterocycles. The first-order chi connectivity index (χ1) is 11.8. The first kappa shape index (κ1) is 17.0. The Morgan fingerprint density at radius 2 is 1.92 bits per heavy atom. The third kappa shape index (κ3) is 3.50. The molecule has 0 spiro atoms. The zero-order chi connectivity index (χ0) is 18.2. The van der Waals surface area contributed by atoms with Crippen molar-refractivity contribution in [1.29, 1.82) is 0 Å². The molecule has 1 aliphatic rings. The lowest BCUT2D eigenvalue weighted by atomic mass is 10.1. The van der Waals surface area contributed by atoms with Crippen molar-refractivity contribution >= 4 is 23.2 Å². The van der Waals surface area contributed by atoms with Gasteiger partial charge in [0.1, 0.15) is 0 Å². The number of nitrogens with zero attached hydrogens (tertiary/aromatic N) is 1. The Balaban J connectivity index is 1.75. The second-order valence-electron chi connectivity index (χ2n) is 5.86. The lowest BCUT2D eigenvalue weighted by Gasteiger charge is -2.14. The van der Waals surface area contributed by atoms with Gasteiger partial charge in [0.2, 0.25) is 11.8 Å². The van der Waals surface area contributed by atoms with Gasteiger partial charge in [-0.2, -0.15) is 13.2 Å². The van der Waals surface area contributed by atoms with Crippen molar-refractivity contribution in [3.8, 4) is 0 Å². The lowest BCUT2D eigenvalue weighted by Crippen LogP contribution is -2.20. The number of fused-ring (bicyclic) bond motifs is 1. The first-order valence-corrected chi connectivity index (χ1v) is 7.60. The van der Waals surface area contributed by atoms with E-state index >= 15 is 0 Å². The smallest absolute Gasteiger partial charge is 0.325 e. The Kier molecular flexibility index (Phi) is 4.24. The van der Waals surface area contributed by atoms with E-state index in [4.69, 9.17) is 0 Å². The molecular weight excluding hydrogens is 333 g/mol. The predicted molar refractivity (Wildman–Crippen MR) is 87.3 cm³/mol. The van der Waals surface area contributed by atoms with Crippen LogP contribution in [-0.4, -0.2) is 18.9 Å². The maximum absolute atomic E-state index is 13.0. The van der Waals surface area contributed by atoms with Crippen molar-refractivity contribution in [3.05, 3.63) is 59.2 Å². The average Bonchev–Trinajstić information content (AvgIpc) is 2.81. The Morgan fingerprint density at radius 1 is 1.20 bits per heavy atom. The van der Waals surface area contributed by atoms with Gasteiger partial charge in [-0.15, -0.1) is 0 Å². The molecular formula is C18H15F3N2O2. The van der Waals surface area contributed by atoms with Gasteiger partial charge in [-0.3, -0.25) is 9.59 Å². The molecule has 3 rings (SSSR count). The second-order valence-corrected chi connectivity index (χ2v) is 5.86. The zero-order valence-corrected chi connectivity index (χ0v) is 13.4. The lowest BCUT2D eigenvalue weighted by molar-refractivity contribution is -0.137. The summed E-state index contributed by atoms with van der Waals surface area (Å²) in [6.45, 7) is 0. The summed E-state index contributed by atoms with van der Waals surface area (Å²) < 4.78 is 38.9. The highest BCUT2D eigenvalue weighted by Crippen LogP contribution is 2.34. The molecule has 4 nitrogen and oxygen atoms in total. The molecule has 1 N–H and O–H groups in total. The van der Waals surface area contributed by atoms with Gasteiger partial charge in [0.05, 0.1) is 24.1 Å². The first-order valence-electron chi connectivity index (χ1n) is 7.60. The minimum atomic E-state index is -4.54. The fraction of sp³-hybridized carbons (Fsp3) is 0.222. The van der Waals surface area contributed by atoms with Crippen molar-refractivity contribution in [2.24, 2.45) is 0 Å². The number of hydrogen-bond acceptors (Lipinski definition) is 2. The minimum Gasteiger partial charge on any atom is -0.325 e. The molecule has 0 atom stereocenters. The molecule has 0 unspecified atom stereocenters. The Hall–Kier alpha value is -2.83. The van der Waals surface area contributed by atoms with E-state index in [0.717, 1.165) is 17.3 Å². The van der Waals surface area contributed by atoms with Crippen LogP contribution in [0.4, 0.5) is 24.5 Å². The Bertz CT molecular complexity index is 846. The highest BCUT2D eigenvalue weighted by Gasteiger charge is 2.33. The van der Waals surface area contributed by atoms with E-state index in [0.29, 0.717) is 5.56 Å². The van der Waals surface area contributed by atoms with Crippen LogP contribution in [0.5, 0.6) is 0 Å². The molecule has 25 heavy (non-hydrogen) atoms. The van der Waals surface area contributed by atoms with Crippen LogP contribution < -0.4 is 10.2 Å². The van der Waals surface area contributed by atoms with Crippen molar-refractivity contribution in [2.45, 2.75) is 19.0 Å². The van der Waals surface area contributed by atoms with Crippen molar-refractivity contribution < 1.29 is 22.8 Å². The fourth-order valence-corrected chi connectivity index (χ4v) is 2.85. The number of rotatable bonds is 3. The molecule has 0 saturated heterocycles. The quantitative estimate of drug-likeness (QED) is 0.924. The maximum Gasteiger partial charge on any atom is 0.418 e. The molecule has 1 heterocycles. The number of carbonyl (C=O) groups is 2. The van der Waals surface area contributed by atoms with Crippen LogP contribution in [0.2, 0.25) is 0 Å². The Labute approximate surface area is 142 Å². The summed E-state index contributed by atoms with van der Waals surface area (Å²) in [5, 5.41) is 2.31. The normalized spacial score (nSPS) is 13.8. The standard InChI is InChI=1S/C18H15F3N2O2/c1-23-15-7-6-11(8-12(15)10-17(23)25)9-16(24)22-14-5-3-2-4-13(14)18(19,20)21/h2-8H,9-10H2,1H3,(H,22,24). The van der Waals surface area contributed by atoms with Gasteiger partial charge >= 0.3 is 6.18 Å². The average molecular weight is 348 g/mol. The van der Waals surface area contributed by atoms with Gasteiger partial charge in [0.25, 0.3) is 0 Å². The number of benzene rings is 2. The molecule has 2 amide bonds. The van der Waals surface area contributed by atoms with Crippen molar-refractivity contribution in [1.82, 2.24) is 0 Å². The van der Waals surface area contributed by atoms with Crippen LogP contribution in [0.25, 0.3) is 0 Å². The Morgan fingerprint density at radius 3 is 2.64 bits per heavy atom. The molecule has 2 aromatic rings. The number of likely N-dealkylation sites (N-methyl/N-ethyl adjacent to an activating group) is 1. The third-order valence-electron chi connectivity index (χ3n) is 4.09. The van der Waals surface area contributed by atoms with Crippen molar-refractivity contribution in [3.63, 3.8) is 0 Å². The summed E-state index contributed by atoms with van der Waals surface area (Å²) >= 11 is 0. The maximum atomic E-state index is 13.0. The molecule has 0 fully saturated rings. The number of anilines is 2. The minimum absolute atomic E-state index is 0.0318. The number of carbonyl (C=O) groups excluding carboxylic acids is 2. The summed E-state index contributed by atoms with van der Waals surface area (Å²) in [5.74, 6) is -0.579. The highest BCUT2D eigenvalue weighted by atomic mass is 19.4. The van der Waals surface area contributed by atoms with E-state index in [1.165, 1.54) is 18.2 Å². The van der Waals surface area contributed by atoms with E-state index in [2.05, 4.69) is 5.32 Å². The van der Waals surface area contributed by atoms with Crippen LogP contribution in [0.1, 0.15) is 16.7 Å². The molecule has 2 aromatic carbocycles. The number of alkyl halides is 3. The van der Waals surface area contributed by atoms with Gasteiger partial charge in [0.15, 0.2) is 0 Å². The number of hydrogen-bond donors (Lipinski definition) is 1. The summed E-state index contributed by atoms with van der Waals surface area (Å²) in [6, 6.07) is 10.0. The summed E-state index contributed by atoms with van der Waals surface area (Å²) in [7, 11) is 1.68. The van der Waals surface area contributed by atoms with Crippen LogP contribution in [-0.2, 0) is 28.6 Å². The fourth-order valence-electron chi connectivity index (χ4n) is 2.85. The number of halogens is 3. The number of para-hydroxylation sites is 1. The van der Waals surface area contributed by atoms with E-state index in [9.17, 15) is 22.8 Å². The van der Waals surface area contributed by atoms with E-state index < -0.39 is 17.6 Å². The van der Waals surface area contributed by atoms with Gasteiger partial charge < -0.3 is 10.2 Å². The van der Waals surface area contributed by atoms with Crippen LogP contribution in [0.15, 0.2) is 42.5 Å². The summed E-state index contributed by atoms with van der Waals surface area (Å²) in [5.41, 5.74) is 1.09. The monoisotopic (exact) mass is 348 g/mol. The molecule has 0 saturated carbocycles. The molecule has 130 valence electrons. The topological polar surface area (TPSA) is 49.4 Å². The van der Waals surface area contributed by atoms with Gasteiger partial charge in [-0.1, -0.05) is 24.3 Å². The van der Waals surface area contributed by atoms with E-state index in [1.54, 1.807) is 30.1 Å². The van der Waals surface area contributed by atoms with Crippen LogP contribution in [0, 0.1) is 0 Å². The largest absolute Gasteiger partial charge is 0.418 e.